The summed E-state index contributed by atoms with van der Waals surface area (Å²) in [6, 6.07) is 5.62. The number of amides is 1. The van der Waals surface area contributed by atoms with Crippen LogP contribution in [0, 0.1) is 13.8 Å². The maximum absolute atomic E-state index is 12.1. The van der Waals surface area contributed by atoms with E-state index in [9.17, 15) is 18.0 Å². The zero-order chi connectivity index (χ0) is 20.0. The highest BCUT2D eigenvalue weighted by molar-refractivity contribution is 7.89. The third-order valence-corrected chi connectivity index (χ3v) is 5.28. The van der Waals surface area contributed by atoms with E-state index in [2.05, 4.69) is 19.9 Å². The van der Waals surface area contributed by atoms with Crippen LogP contribution in [0.3, 0.4) is 0 Å². The highest BCUT2D eigenvalue weighted by Gasteiger charge is 2.16. The van der Waals surface area contributed by atoms with Gasteiger partial charge in [0.2, 0.25) is 15.9 Å². The summed E-state index contributed by atoms with van der Waals surface area (Å²) < 4.78 is 35.7. The maximum Gasteiger partial charge on any atom is 0.320 e. The number of carbonyl (C=O) groups is 2. The fraction of sp³-hybridized carbons (Fsp3) is 0.353. The molecule has 0 aliphatic carbocycles. The number of carbonyl (C=O) groups excluding carboxylic acids is 2. The van der Waals surface area contributed by atoms with Gasteiger partial charge in [-0.25, -0.2) is 8.42 Å². The highest BCUT2D eigenvalue weighted by atomic mass is 32.2. The monoisotopic (exact) mass is 395 g/mol. The predicted molar refractivity (Wildman–Crippen MR) is 96.6 cm³/mol. The molecule has 0 aliphatic heterocycles. The Labute approximate surface area is 157 Å². The molecule has 2 rings (SSSR count). The van der Waals surface area contributed by atoms with Crippen LogP contribution in [0.5, 0.6) is 0 Å². The van der Waals surface area contributed by atoms with Crippen molar-refractivity contribution in [3.63, 3.8) is 0 Å². The van der Waals surface area contributed by atoms with Gasteiger partial charge in [0.1, 0.15) is 12.3 Å². The summed E-state index contributed by atoms with van der Waals surface area (Å²) in [5.41, 5.74) is 2.13. The number of aromatic nitrogens is 1. The van der Waals surface area contributed by atoms with Crippen molar-refractivity contribution in [1.82, 2.24) is 9.88 Å². The first-order valence-corrected chi connectivity index (χ1v) is 9.59. The van der Waals surface area contributed by atoms with Crippen molar-refractivity contribution < 1.29 is 27.3 Å². The average molecular weight is 395 g/mol. The molecule has 10 heteroatoms. The van der Waals surface area contributed by atoms with Gasteiger partial charge in [-0.15, -0.1) is 0 Å². The molecule has 0 radical (unpaired) electrons. The van der Waals surface area contributed by atoms with Crippen molar-refractivity contribution in [3.8, 4) is 0 Å². The van der Waals surface area contributed by atoms with Gasteiger partial charge in [0.05, 0.1) is 17.7 Å². The fourth-order valence-corrected chi connectivity index (χ4v) is 3.32. The Balaban J connectivity index is 1.93. The lowest BCUT2D eigenvalue weighted by Gasteiger charge is -2.08. The summed E-state index contributed by atoms with van der Waals surface area (Å²) in [6.07, 6.45) is 0.737. The number of hydrogen-bond acceptors (Lipinski definition) is 7. The second-order valence-corrected chi connectivity index (χ2v) is 7.54. The van der Waals surface area contributed by atoms with E-state index < -0.39 is 22.5 Å². The first-order chi connectivity index (χ1) is 12.7. The molecule has 0 aliphatic rings. The van der Waals surface area contributed by atoms with Crippen LogP contribution in [0.25, 0.3) is 0 Å². The average Bonchev–Trinajstić information content (AvgIpc) is 2.96. The van der Waals surface area contributed by atoms with Crippen molar-refractivity contribution >= 4 is 27.6 Å². The van der Waals surface area contributed by atoms with Crippen molar-refractivity contribution in [3.05, 3.63) is 41.3 Å². The predicted octanol–water partition coefficient (Wildman–Crippen LogP) is 1.31. The molecule has 27 heavy (non-hydrogen) atoms. The normalized spacial score (nSPS) is 11.2. The Hall–Kier alpha value is -2.72. The largest absolute Gasteiger partial charge is 0.468 e. The number of nitrogens with one attached hydrogen (secondary N) is 2. The van der Waals surface area contributed by atoms with Crippen molar-refractivity contribution in [2.45, 2.75) is 31.6 Å². The molecule has 1 amide bonds. The molecule has 1 aromatic carbocycles. The van der Waals surface area contributed by atoms with Crippen LogP contribution < -0.4 is 10.0 Å². The van der Waals surface area contributed by atoms with Gasteiger partial charge >= 0.3 is 5.97 Å². The smallest absolute Gasteiger partial charge is 0.320 e. The number of esters is 1. The van der Waals surface area contributed by atoms with E-state index in [-0.39, 0.29) is 17.2 Å². The molecule has 1 heterocycles. The van der Waals surface area contributed by atoms with Gasteiger partial charge in [0.25, 0.3) is 0 Å². The molecule has 0 spiro atoms. The van der Waals surface area contributed by atoms with E-state index in [0.29, 0.717) is 17.9 Å². The van der Waals surface area contributed by atoms with Gasteiger partial charge < -0.3 is 14.6 Å². The van der Waals surface area contributed by atoms with E-state index >= 15 is 0 Å². The maximum atomic E-state index is 12.1. The lowest BCUT2D eigenvalue weighted by atomic mass is 10.1. The van der Waals surface area contributed by atoms with Crippen LogP contribution in [0.1, 0.15) is 23.4 Å². The molecule has 0 bridgehead atoms. The van der Waals surface area contributed by atoms with Crippen molar-refractivity contribution in [2.24, 2.45) is 0 Å². The van der Waals surface area contributed by atoms with Crippen LogP contribution in [0.4, 0.5) is 5.69 Å². The van der Waals surface area contributed by atoms with E-state index in [1.165, 1.54) is 31.4 Å². The summed E-state index contributed by atoms with van der Waals surface area (Å²) in [5.74, 6) is -0.218. The number of anilines is 1. The Bertz CT molecular complexity index is 899. The van der Waals surface area contributed by atoms with E-state index in [1.807, 2.05) is 6.92 Å². The van der Waals surface area contributed by atoms with E-state index in [1.54, 1.807) is 6.92 Å². The lowest BCUT2D eigenvalue weighted by molar-refractivity contribution is -0.139. The summed E-state index contributed by atoms with van der Waals surface area (Å²) >= 11 is 0. The molecule has 1 aromatic heterocycles. The third-order valence-electron chi connectivity index (χ3n) is 3.87. The molecule has 0 fully saturated rings. The molecule has 2 aromatic rings. The number of aryl methyl sites for hydroxylation is 2. The minimum absolute atomic E-state index is 0.0277. The minimum Gasteiger partial charge on any atom is -0.468 e. The molecule has 146 valence electrons. The number of benzene rings is 1. The quantitative estimate of drug-likeness (QED) is 0.645. The van der Waals surface area contributed by atoms with Crippen LogP contribution in [0.15, 0.2) is 33.7 Å². The van der Waals surface area contributed by atoms with Gasteiger partial charge in [0, 0.05) is 17.7 Å². The Morgan fingerprint density at radius 2 is 1.85 bits per heavy atom. The second kappa shape index (κ2) is 8.78. The summed E-state index contributed by atoms with van der Waals surface area (Å²) in [6.45, 7) is 3.15. The van der Waals surface area contributed by atoms with Gasteiger partial charge in [-0.3, -0.25) is 9.59 Å². The fourth-order valence-electron chi connectivity index (χ4n) is 2.35. The van der Waals surface area contributed by atoms with Crippen molar-refractivity contribution in [2.75, 3.05) is 19.0 Å². The molecular formula is C17H21N3O6S. The number of hydrogen-bond donors (Lipinski definition) is 2. The van der Waals surface area contributed by atoms with Gasteiger partial charge in [-0.2, -0.15) is 4.72 Å². The second-order valence-electron chi connectivity index (χ2n) is 5.78. The Morgan fingerprint density at radius 1 is 1.19 bits per heavy atom. The van der Waals surface area contributed by atoms with Crippen LogP contribution in [-0.4, -0.2) is 39.1 Å². The number of sulfonamides is 1. The Kier molecular flexibility index (Phi) is 6.70. The molecule has 0 unspecified atom stereocenters. The summed E-state index contributed by atoms with van der Waals surface area (Å²) in [5, 5.41) is 6.55. The summed E-state index contributed by atoms with van der Waals surface area (Å²) in [4.78, 5) is 23.1. The number of methoxy groups -OCH3 is 1. The topological polar surface area (TPSA) is 128 Å². The molecule has 9 nitrogen and oxygen atoms in total. The zero-order valence-electron chi connectivity index (χ0n) is 15.2. The Morgan fingerprint density at radius 3 is 2.41 bits per heavy atom. The number of rotatable bonds is 8. The van der Waals surface area contributed by atoms with Crippen LogP contribution >= 0.6 is 0 Å². The van der Waals surface area contributed by atoms with Crippen molar-refractivity contribution in [1.29, 1.82) is 0 Å². The van der Waals surface area contributed by atoms with E-state index in [4.69, 9.17) is 4.52 Å². The third kappa shape index (κ3) is 5.63. The molecule has 0 saturated carbocycles. The first-order valence-electron chi connectivity index (χ1n) is 8.11. The lowest BCUT2D eigenvalue weighted by Crippen LogP contribution is -2.30. The first kappa shape index (κ1) is 20.6. The van der Waals surface area contributed by atoms with Crippen LogP contribution in [-0.2, 0) is 30.8 Å². The minimum atomic E-state index is -3.84. The van der Waals surface area contributed by atoms with Gasteiger partial charge in [0.15, 0.2) is 0 Å². The molecule has 2 N–H and O–H groups in total. The van der Waals surface area contributed by atoms with Gasteiger partial charge in [-0.05, 0) is 44.5 Å². The van der Waals surface area contributed by atoms with E-state index in [0.717, 1.165) is 11.3 Å². The number of ether oxygens (including phenoxy) is 1. The molecule has 0 atom stereocenters. The molecule has 0 saturated heterocycles. The zero-order valence-corrected chi connectivity index (χ0v) is 16.1. The summed E-state index contributed by atoms with van der Waals surface area (Å²) in [7, 11) is -2.67. The molecular weight excluding hydrogens is 374 g/mol. The SMILES string of the molecule is COC(=O)CNS(=O)(=O)c1ccc(NC(=O)CCc2c(C)noc2C)cc1. The highest BCUT2D eigenvalue weighted by Crippen LogP contribution is 2.16. The number of nitrogens with zero attached hydrogens (tertiary/aromatic N) is 1. The van der Waals surface area contributed by atoms with Gasteiger partial charge in [-0.1, -0.05) is 5.16 Å². The standard InChI is InChI=1S/C17H21N3O6S/c1-11-15(12(2)26-20-11)8-9-16(21)19-13-4-6-14(7-5-13)27(23,24)18-10-17(22)25-3/h4-7,18H,8-10H2,1-3H3,(H,19,21). The van der Waals surface area contributed by atoms with Crippen LogP contribution in [0.2, 0.25) is 0 Å².